The van der Waals surface area contributed by atoms with Crippen molar-refractivity contribution in [1.29, 1.82) is 0 Å². The molecule has 2 aliphatic rings. The van der Waals surface area contributed by atoms with Gasteiger partial charge in [0.1, 0.15) is 0 Å². The molecular formula is C15H10O2. The molecule has 3 rings (SSSR count). The van der Waals surface area contributed by atoms with Gasteiger partial charge >= 0.3 is 5.97 Å². The molecular weight excluding hydrogens is 212 g/mol. The highest BCUT2D eigenvalue weighted by molar-refractivity contribution is 6.01. The van der Waals surface area contributed by atoms with E-state index in [0.717, 1.165) is 21.9 Å². The molecule has 1 aromatic rings. The van der Waals surface area contributed by atoms with Gasteiger partial charge in [0.15, 0.2) is 0 Å². The maximum absolute atomic E-state index is 11.1. The minimum absolute atomic E-state index is 0.322. The largest absolute Gasteiger partial charge is 0.478 e. The predicted molar refractivity (Wildman–Crippen MR) is 67.5 cm³/mol. The molecule has 0 heterocycles. The second-order valence-electron chi connectivity index (χ2n) is 4.03. The van der Waals surface area contributed by atoms with Gasteiger partial charge in [0.05, 0.1) is 5.56 Å². The molecule has 82 valence electrons. The van der Waals surface area contributed by atoms with Crippen molar-refractivity contribution in [3.63, 3.8) is 0 Å². The van der Waals surface area contributed by atoms with Gasteiger partial charge in [-0.2, -0.15) is 0 Å². The van der Waals surface area contributed by atoms with Crippen LogP contribution in [0.2, 0.25) is 0 Å². The molecule has 0 saturated heterocycles. The first kappa shape index (κ1) is 9.85. The van der Waals surface area contributed by atoms with E-state index in [1.165, 1.54) is 0 Å². The number of carboxylic acids is 1. The Labute approximate surface area is 98.5 Å². The highest BCUT2D eigenvalue weighted by atomic mass is 16.4. The lowest BCUT2D eigenvalue weighted by Crippen LogP contribution is -1.93. The van der Waals surface area contributed by atoms with Gasteiger partial charge in [0.25, 0.3) is 0 Å². The molecule has 1 N–H and O–H groups in total. The molecule has 0 atom stereocenters. The number of benzene rings is 1. The number of hydrogen-bond donors (Lipinski definition) is 1. The molecule has 0 bridgehead atoms. The molecule has 2 heteroatoms. The molecule has 0 fully saturated rings. The Kier molecular flexibility index (Phi) is 2.08. The second kappa shape index (κ2) is 3.59. The van der Waals surface area contributed by atoms with Crippen LogP contribution in [0, 0.1) is 0 Å². The Bertz CT molecular complexity index is 686. The molecule has 0 spiro atoms. The summed E-state index contributed by atoms with van der Waals surface area (Å²) in [6.45, 7) is 0. The average molecular weight is 222 g/mol. The smallest absolute Gasteiger partial charge is 0.335 e. The van der Waals surface area contributed by atoms with Gasteiger partial charge in [0.2, 0.25) is 0 Å². The molecule has 1 aromatic carbocycles. The number of carboxylic acid groups (broad SMARTS) is 1. The van der Waals surface area contributed by atoms with Crippen LogP contribution in [0.4, 0.5) is 0 Å². The van der Waals surface area contributed by atoms with E-state index in [0.29, 0.717) is 5.56 Å². The van der Waals surface area contributed by atoms with Crippen LogP contribution in [0.5, 0.6) is 0 Å². The summed E-state index contributed by atoms with van der Waals surface area (Å²) in [6, 6.07) is 17.2. The van der Waals surface area contributed by atoms with Gasteiger partial charge < -0.3 is 5.11 Å². The van der Waals surface area contributed by atoms with Crippen LogP contribution in [0.1, 0.15) is 10.4 Å². The lowest BCUT2D eigenvalue weighted by Gasteiger charge is -1.96. The molecule has 2 nitrogen and oxygen atoms in total. The third kappa shape index (κ3) is 1.54. The Morgan fingerprint density at radius 3 is 2.59 bits per heavy atom. The van der Waals surface area contributed by atoms with E-state index in [9.17, 15) is 4.79 Å². The molecule has 2 aliphatic carbocycles. The van der Waals surface area contributed by atoms with Crippen LogP contribution < -0.4 is 0 Å². The van der Waals surface area contributed by atoms with E-state index >= 15 is 0 Å². The molecule has 0 saturated carbocycles. The first-order valence-corrected chi connectivity index (χ1v) is 5.40. The zero-order chi connectivity index (χ0) is 11.8. The summed E-state index contributed by atoms with van der Waals surface area (Å²) in [5.41, 5.74) is 2.37. The quantitative estimate of drug-likeness (QED) is 0.682. The van der Waals surface area contributed by atoms with Gasteiger partial charge in [-0.1, -0.05) is 42.5 Å². The molecule has 0 unspecified atom stereocenters. The van der Waals surface area contributed by atoms with Gasteiger partial charge in [0, 0.05) is 0 Å². The summed E-state index contributed by atoms with van der Waals surface area (Å²) in [6.07, 6.45) is 0. The lowest BCUT2D eigenvalue weighted by atomic mass is 10.1. The molecule has 0 aromatic heterocycles. The maximum Gasteiger partial charge on any atom is 0.335 e. The second-order valence-corrected chi connectivity index (χ2v) is 4.03. The summed E-state index contributed by atoms with van der Waals surface area (Å²) in [5.74, 6) is -0.895. The summed E-state index contributed by atoms with van der Waals surface area (Å²) in [5, 5.41) is 11.2. The van der Waals surface area contributed by atoms with Crippen molar-refractivity contribution in [2.24, 2.45) is 0 Å². The minimum Gasteiger partial charge on any atom is -0.478 e. The van der Waals surface area contributed by atoms with Crippen molar-refractivity contribution >= 4 is 16.7 Å². The third-order valence-electron chi connectivity index (χ3n) is 2.97. The normalized spacial score (nSPS) is 10.8. The Hall–Kier alpha value is -2.35. The number of hydrogen-bond acceptors (Lipinski definition) is 1. The fourth-order valence-electron chi connectivity index (χ4n) is 2.17. The van der Waals surface area contributed by atoms with E-state index in [4.69, 9.17) is 5.11 Å². The van der Waals surface area contributed by atoms with Crippen molar-refractivity contribution in [3.05, 3.63) is 60.2 Å². The highest BCUT2D eigenvalue weighted by Gasteiger charge is 2.10. The van der Waals surface area contributed by atoms with Gasteiger partial charge in [-0.3, -0.25) is 0 Å². The summed E-state index contributed by atoms with van der Waals surface area (Å²) in [7, 11) is 0. The van der Waals surface area contributed by atoms with Crippen molar-refractivity contribution in [1.82, 2.24) is 0 Å². The van der Waals surface area contributed by atoms with E-state index in [1.54, 1.807) is 12.1 Å². The van der Waals surface area contributed by atoms with Crippen molar-refractivity contribution < 1.29 is 9.90 Å². The molecule has 0 radical (unpaired) electrons. The van der Waals surface area contributed by atoms with Crippen LogP contribution in [0.15, 0.2) is 54.6 Å². The van der Waals surface area contributed by atoms with Crippen LogP contribution in [0.3, 0.4) is 0 Å². The van der Waals surface area contributed by atoms with E-state index in [-0.39, 0.29) is 0 Å². The van der Waals surface area contributed by atoms with Crippen molar-refractivity contribution in [2.45, 2.75) is 0 Å². The SMILES string of the molecule is O=C(O)c1cc2cccc-2c2ccccc2c1. The number of fused-ring (bicyclic) bond motifs is 3. The Morgan fingerprint density at radius 1 is 0.941 bits per heavy atom. The first-order chi connectivity index (χ1) is 8.25. The standard InChI is InChI=1S/C15H10O2/c16-15(17)12-8-10-4-1-2-6-13(10)14-7-3-5-11(14)9-12/h1-9H,(H,16,17). The van der Waals surface area contributed by atoms with Crippen molar-refractivity contribution in [2.75, 3.05) is 0 Å². The van der Waals surface area contributed by atoms with Gasteiger partial charge in [-0.05, 0) is 34.0 Å². The molecule has 17 heavy (non-hydrogen) atoms. The van der Waals surface area contributed by atoms with Gasteiger partial charge in [-0.25, -0.2) is 4.79 Å². The summed E-state index contributed by atoms with van der Waals surface area (Å²) < 4.78 is 0. The number of rotatable bonds is 1. The fourth-order valence-corrected chi connectivity index (χ4v) is 2.17. The highest BCUT2D eigenvalue weighted by Crippen LogP contribution is 2.31. The molecule has 0 amide bonds. The molecule has 0 aliphatic heterocycles. The van der Waals surface area contributed by atoms with E-state index in [1.807, 2.05) is 42.5 Å². The summed E-state index contributed by atoms with van der Waals surface area (Å²) in [4.78, 5) is 11.1. The lowest BCUT2D eigenvalue weighted by molar-refractivity contribution is 0.0697. The average Bonchev–Trinajstić information content (AvgIpc) is 2.71. The van der Waals surface area contributed by atoms with Crippen LogP contribution in [0.25, 0.3) is 21.9 Å². The monoisotopic (exact) mass is 222 g/mol. The number of carbonyl (C=O) groups is 1. The van der Waals surface area contributed by atoms with E-state index in [2.05, 4.69) is 0 Å². The maximum atomic E-state index is 11.1. The summed E-state index contributed by atoms with van der Waals surface area (Å²) >= 11 is 0. The Morgan fingerprint density at radius 2 is 1.76 bits per heavy atom. The van der Waals surface area contributed by atoms with E-state index < -0.39 is 5.97 Å². The topological polar surface area (TPSA) is 37.3 Å². The van der Waals surface area contributed by atoms with Crippen LogP contribution in [-0.2, 0) is 0 Å². The number of aromatic carboxylic acids is 1. The fraction of sp³-hybridized carbons (Fsp3) is 0. The zero-order valence-corrected chi connectivity index (χ0v) is 9.05. The first-order valence-electron chi connectivity index (χ1n) is 5.40. The third-order valence-corrected chi connectivity index (χ3v) is 2.97. The minimum atomic E-state index is -0.895. The van der Waals surface area contributed by atoms with Gasteiger partial charge in [-0.15, -0.1) is 0 Å². The van der Waals surface area contributed by atoms with Crippen LogP contribution in [-0.4, -0.2) is 11.1 Å². The van der Waals surface area contributed by atoms with Crippen LogP contribution >= 0.6 is 0 Å². The van der Waals surface area contributed by atoms with Crippen molar-refractivity contribution in [3.8, 4) is 11.1 Å². The zero-order valence-electron chi connectivity index (χ0n) is 9.05. The Balaban J connectivity index is 2.50. The predicted octanol–water partition coefficient (Wildman–Crippen LogP) is 3.64.